The first-order valence-corrected chi connectivity index (χ1v) is 12.4. The fraction of sp³-hybridized carbons (Fsp3) is 0.480. The Labute approximate surface area is 205 Å². The lowest BCUT2D eigenvalue weighted by Gasteiger charge is -2.33. The maximum atomic E-state index is 12.9. The zero-order valence-corrected chi connectivity index (χ0v) is 20.4. The zero-order chi connectivity index (χ0) is 23.9. The lowest BCUT2D eigenvalue weighted by atomic mass is 10.0. The molecular formula is C25H31N9O. The maximum Gasteiger partial charge on any atom is 0.274 e. The second kappa shape index (κ2) is 8.92. The number of piperazine rings is 1. The molecule has 0 spiro atoms. The first kappa shape index (κ1) is 22.0. The molecule has 182 valence electrons. The number of anilines is 3. The highest BCUT2D eigenvalue weighted by molar-refractivity contribution is 5.92. The van der Waals surface area contributed by atoms with E-state index >= 15 is 0 Å². The van der Waals surface area contributed by atoms with Gasteiger partial charge in [0.15, 0.2) is 11.5 Å². The molecule has 1 amide bonds. The molecule has 6 heterocycles. The van der Waals surface area contributed by atoms with E-state index in [2.05, 4.69) is 53.9 Å². The van der Waals surface area contributed by atoms with Gasteiger partial charge in [-0.25, -0.2) is 4.68 Å². The van der Waals surface area contributed by atoms with Gasteiger partial charge in [-0.2, -0.15) is 5.10 Å². The smallest absolute Gasteiger partial charge is 0.274 e. The summed E-state index contributed by atoms with van der Waals surface area (Å²) >= 11 is 0. The highest BCUT2D eigenvalue weighted by Gasteiger charge is 2.26. The molecule has 3 aromatic rings. The Morgan fingerprint density at radius 2 is 1.86 bits per heavy atom. The van der Waals surface area contributed by atoms with Crippen LogP contribution in [-0.4, -0.2) is 87.0 Å². The Balaban J connectivity index is 1.21. The second-order valence-electron chi connectivity index (χ2n) is 9.72. The van der Waals surface area contributed by atoms with Crippen LogP contribution in [0.2, 0.25) is 0 Å². The summed E-state index contributed by atoms with van der Waals surface area (Å²) in [5, 5.41) is 13.3. The number of amides is 1. The number of hydrogen-bond donors (Lipinski definition) is 0. The molecule has 10 nitrogen and oxygen atoms in total. The summed E-state index contributed by atoms with van der Waals surface area (Å²) in [4.78, 5) is 26.4. The van der Waals surface area contributed by atoms with Crippen molar-refractivity contribution in [3.05, 3.63) is 53.1 Å². The normalized spacial score (nSPS) is 18.4. The van der Waals surface area contributed by atoms with Crippen molar-refractivity contribution >= 4 is 23.2 Å². The summed E-state index contributed by atoms with van der Waals surface area (Å²) in [6.45, 7) is 8.73. The van der Waals surface area contributed by atoms with Crippen LogP contribution in [0.3, 0.4) is 0 Å². The first-order valence-electron chi connectivity index (χ1n) is 12.4. The Morgan fingerprint density at radius 1 is 1.00 bits per heavy atom. The van der Waals surface area contributed by atoms with Crippen molar-refractivity contribution in [1.82, 2.24) is 34.8 Å². The van der Waals surface area contributed by atoms with Gasteiger partial charge < -0.3 is 19.6 Å². The lowest BCUT2D eigenvalue weighted by Crippen LogP contribution is -2.47. The van der Waals surface area contributed by atoms with E-state index < -0.39 is 0 Å². The minimum Gasteiger partial charge on any atom is -0.350 e. The van der Waals surface area contributed by atoms with Gasteiger partial charge in [0.2, 0.25) is 0 Å². The van der Waals surface area contributed by atoms with Gasteiger partial charge in [-0.15, -0.1) is 10.2 Å². The first-order chi connectivity index (χ1) is 17.1. The Morgan fingerprint density at radius 3 is 2.69 bits per heavy atom. The highest BCUT2D eigenvalue weighted by atomic mass is 16.2. The number of carbonyl (C=O) groups excluding carboxylic acids is 1. The molecule has 3 aliphatic heterocycles. The van der Waals surface area contributed by atoms with E-state index in [0.717, 1.165) is 93.8 Å². The Bertz CT molecular complexity index is 1250. The molecule has 3 aliphatic rings. The average Bonchev–Trinajstić information content (AvgIpc) is 3.37. The summed E-state index contributed by atoms with van der Waals surface area (Å²) in [6, 6.07) is 6.21. The van der Waals surface area contributed by atoms with E-state index in [-0.39, 0.29) is 5.91 Å². The van der Waals surface area contributed by atoms with Crippen LogP contribution in [0, 0.1) is 6.92 Å². The number of nitrogens with zero attached hydrogens (tertiary/aromatic N) is 9. The van der Waals surface area contributed by atoms with Crippen molar-refractivity contribution in [3.63, 3.8) is 0 Å². The number of fused-ring (bicyclic) bond motifs is 2. The van der Waals surface area contributed by atoms with E-state index in [0.29, 0.717) is 5.69 Å². The molecule has 0 radical (unpaired) electrons. The van der Waals surface area contributed by atoms with Crippen LogP contribution in [0.15, 0.2) is 30.6 Å². The number of pyridine rings is 1. The van der Waals surface area contributed by atoms with Crippen molar-refractivity contribution in [3.8, 4) is 0 Å². The number of rotatable bonds is 3. The molecule has 6 rings (SSSR count). The predicted molar refractivity (Wildman–Crippen MR) is 133 cm³/mol. The molecule has 35 heavy (non-hydrogen) atoms. The largest absolute Gasteiger partial charge is 0.350 e. The van der Waals surface area contributed by atoms with Crippen molar-refractivity contribution in [2.75, 3.05) is 56.1 Å². The van der Waals surface area contributed by atoms with Gasteiger partial charge in [-0.05, 0) is 43.7 Å². The van der Waals surface area contributed by atoms with Crippen molar-refractivity contribution in [1.29, 1.82) is 0 Å². The molecule has 10 heteroatoms. The molecule has 1 fully saturated rings. The predicted octanol–water partition coefficient (Wildman–Crippen LogP) is 1.87. The van der Waals surface area contributed by atoms with Gasteiger partial charge in [0.05, 0.1) is 18.1 Å². The number of hydrogen-bond acceptors (Lipinski definition) is 8. The Hall–Kier alpha value is -3.53. The van der Waals surface area contributed by atoms with E-state index in [1.54, 1.807) is 0 Å². The molecule has 0 unspecified atom stereocenters. The molecule has 0 bridgehead atoms. The summed E-state index contributed by atoms with van der Waals surface area (Å²) in [5.41, 5.74) is 4.86. The average molecular weight is 474 g/mol. The number of carbonyl (C=O) groups is 1. The Kier molecular flexibility index (Phi) is 5.60. The van der Waals surface area contributed by atoms with Gasteiger partial charge in [0.1, 0.15) is 5.82 Å². The summed E-state index contributed by atoms with van der Waals surface area (Å²) < 4.78 is 2.05. The van der Waals surface area contributed by atoms with E-state index in [1.165, 1.54) is 5.56 Å². The minimum absolute atomic E-state index is 0.0288. The molecule has 0 atom stereocenters. The van der Waals surface area contributed by atoms with Crippen molar-refractivity contribution in [2.45, 2.75) is 32.9 Å². The molecule has 1 saturated heterocycles. The van der Waals surface area contributed by atoms with Crippen LogP contribution in [0.1, 0.15) is 33.7 Å². The standard InChI is InChI=1S/C25H31N9O/c1-18-14-22(25(35)31-12-10-30(2)11-13-31)28-29-24(18)32-9-5-21-19(17-32)15-20(16-26-21)33-7-3-8-34-23(33)4-6-27-34/h4,6,14-16H,3,5,7-13,17H2,1-2H3. The van der Waals surface area contributed by atoms with E-state index in [9.17, 15) is 4.79 Å². The van der Waals surface area contributed by atoms with Crippen LogP contribution in [-0.2, 0) is 19.5 Å². The molecule has 0 N–H and O–H groups in total. The quantitative estimate of drug-likeness (QED) is 0.570. The maximum absolute atomic E-state index is 12.9. The third-order valence-corrected chi connectivity index (χ3v) is 7.33. The molecule has 0 saturated carbocycles. The topological polar surface area (TPSA) is 86.5 Å². The van der Waals surface area contributed by atoms with Crippen LogP contribution >= 0.6 is 0 Å². The number of aromatic nitrogens is 5. The molecular weight excluding hydrogens is 442 g/mol. The van der Waals surface area contributed by atoms with Crippen LogP contribution < -0.4 is 9.80 Å². The lowest BCUT2D eigenvalue weighted by molar-refractivity contribution is 0.0657. The zero-order valence-electron chi connectivity index (χ0n) is 20.4. The van der Waals surface area contributed by atoms with Gasteiger partial charge in [-0.3, -0.25) is 9.78 Å². The summed E-state index contributed by atoms with van der Waals surface area (Å²) in [6.07, 6.45) is 5.77. The summed E-state index contributed by atoms with van der Waals surface area (Å²) in [7, 11) is 2.08. The minimum atomic E-state index is -0.0288. The van der Waals surface area contributed by atoms with Gasteiger partial charge >= 0.3 is 0 Å². The van der Waals surface area contributed by atoms with Crippen LogP contribution in [0.25, 0.3) is 0 Å². The third kappa shape index (κ3) is 4.12. The molecule has 0 aromatic carbocycles. The van der Waals surface area contributed by atoms with Crippen molar-refractivity contribution in [2.24, 2.45) is 0 Å². The van der Waals surface area contributed by atoms with Crippen LogP contribution in [0.5, 0.6) is 0 Å². The van der Waals surface area contributed by atoms with E-state index in [1.807, 2.05) is 30.3 Å². The number of aryl methyl sites for hydroxylation is 2. The number of likely N-dealkylation sites (N-methyl/N-ethyl adjacent to an activating group) is 1. The van der Waals surface area contributed by atoms with Crippen LogP contribution in [0.4, 0.5) is 17.3 Å². The van der Waals surface area contributed by atoms with E-state index in [4.69, 9.17) is 4.98 Å². The fourth-order valence-electron chi connectivity index (χ4n) is 5.29. The third-order valence-electron chi connectivity index (χ3n) is 7.33. The fourth-order valence-corrected chi connectivity index (χ4v) is 5.29. The second-order valence-corrected chi connectivity index (χ2v) is 9.72. The SMILES string of the molecule is Cc1cc(C(=O)N2CCN(C)CC2)nnc1N1CCc2ncc(N3CCCn4nccc43)cc2C1. The van der Waals surface area contributed by atoms with Gasteiger partial charge in [0, 0.05) is 70.5 Å². The molecule has 3 aromatic heterocycles. The molecule has 0 aliphatic carbocycles. The van der Waals surface area contributed by atoms with Crippen molar-refractivity contribution < 1.29 is 4.79 Å². The highest BCUT2D eigenvalue weighted by Crippen LogP contribution is 2.32. The van der Waals surface area contributed by atoms with Gasteiger partial charge in [-0.1, -0.05) is 0 Å². The van der Waals surface area contributed by atoms with Gasteiger partial charge in [0.25, 0.3) is 5.91 Å². The monoisotopic (exact) mass is 473 g/mol. The summed E-state index contributed by atoms with van der Waals surface area (Å²) in [5.74, 6) is 1.93.